The Morgan fingerprint density at radius 1 is 0.966 bits per heavy atom. The first kappa shape index (κ1) is 20.1. The number of aromatic nitrogens is 1. The van der Waals surface area contributed by atoms with Crippen LogP contribution >= 0.6 is 0 Å². The van der Waals surface area contributed by atoms with Gasteiger partial charge in [0.25, 0.3) is 5.91 Å². The van der Waals surface area contributed by atoms with Gasteiger partial charge in [-0.3, -0.25) is 4.79 Å². The normalized spacial score (nSPS) is 10.5. The van der Waals surface area contributed by atoms with E-state index in [0.29, 0.717) is 28.6 Å². The van der Waals surface area contributed by atoms with E-state index in [0.717, 1.165) is 5.69 Å². The van der Waals surface area contributed by atoms with Gasteiger partial charge in [-0.15, -0.1) is 0 Å². The van der Waals surface area contributed by atoms with E-state index in [1.165, 1.54) is 12.7 Å². The van der Waals surface area contributed by atoms with Crippen molar-refractivity contribution < 1.29 is 14.3 Å². The van der Waals surface area contributed by atoms with Crippen molar-refractivity contribution in [3.63, 3.8) is 0 Å². The molecule has 0 atom stereocenters. The summed E-state index contributed by atoms with van der Waals surface area (Å²) in [4.78, 5) is 28.6. The molecule has 0 spiro atoms. The molecule has 6 heteroatoms. The molecular weight excluding hydrogens is 366 g/mol. The Labute approximate surface area is 169 Å². The van der Waals surface area contributed by atoms with E-state index in [4.69, 9.17) is 4.74 Å². The fourth-order valence-corrected chi connectivity index (χ4v) is 2.94. The minimum atomic E-state index is -0.458. The molecule has 1 amide bonds. The fraction of sp³-hybridized carbons (Fsp3) is 0.174. The van der Waals surface area contributed by atoms with Crippen LogP contribution in [0.3, 0.4) is 0 Å². The Morgan fingerprint density at radius 2 is 1.76 bits per heavy atom. The molecule has 0 saturated carbocycles. The highest BCUT2D eigenvalue weighted by molar-refractivity contribution is 6.05. The SMILES string of the molecule is COC(=O)c1cccc(NC(=O)c2ccnc(Nc3ccccc3C(C)C)c2)c1. The summed E-state index contributed by atoms with van der Waals surface area (Å²) in [5.74, 6) is 0.177. The largest absolute Gasteiger partial charge is 0.465 e. The van der Waals surface area contributed by atoms with Gasteiger partial charge in [0.15, 0.2) is 0 Å². The number of benzene rings is 2. The molecule has 1 heterocycles. The summed E-state index contributed by atoms with van der Waals surface area (Å²) in [6, 6.07) is 17.9. The summed E-state index contributed by atoms with van der Waals surface area (Å²) in [6.07, 6.45) is 1.58. The molecule has 2 aromatic carbocycles. The van der Waals surface area contributed by atoms with E-state index >= 15 is 0 Å². The van der Waals surface area contributed by atoms with Gasteiger partial charge in [0.1, 0.15) is 5.82 Å². The Balaban J connectivity index is 1.78. The number of hydrogen-bond donors (Lipinski definition) is 2. The molecule has 6 nitrogen and oxygen atoms in total. The molecule has 0 aliphatic heterocycles. The predicted molar refractivity (Wildman–Crippen MR) is 114 cm³/mol. The maximum atomic E-state index is 12.7. The number of carbonyl (C=O) groups is 2. The average molecular weight is 389 g/mol. The molecule has 2 N–H and O–H groups in total. The molecule has 3 aromatic rings. The molecule has 0 aliphatic rings. The molecule has 0 saturated heterocycles. The van der Waals surface area contributed by atoms with Gasteiger partial charge in [-0.05, 0) is 47.9 Å². The lowest BCUT2D eigenvalue weighted by Crippen LogP contribution is -2.13. The van der Waals surface area contributed by atoms with Crippen molar-refractivity contribution in [3.05, 3.63) is 83.6 Å². The molecule has 0 bridgehead atoms. The molecular formula is C23H23N3O3. The third kappa shape index (κ3) is 4.99. The van der Waals surface area contributed by atoms with Gasteiger partial charge in [-0.1, -0.05) is 38.1 Å². The molecule has 0 unspecified atom stereocenters. The number of amides is 1. The highest BCUT2D eigenvalue weighted by atomic mass is 16.5. The average Bonchev–Trinajstić information content (AvgIpc) is 2.73. The standard InChI is InChI=1S/C23H23N3O3/c1-15(2)19-9-4-5-10-20(19)26-21-14-16(11-12-24-21)22(27)25-18-8-6-7-17(13-18)23(28)29-3/h4-15H,1-3H3,(H,24,26)(H,25,27). The van der Waals surface area contributed by atoms with Crippen LogP contribution in [-0.4, -0.2) is 24.0 Å². The lowest BCUT2D eigenvalue weighted by molar-refractivity contribution is 0.0600. The number of anilines is 3. The molecule has 1 aromatic heterocycles. The monoisotopic (exact) mass is 389 g/mol. The summed E-state index contributed by atoms with van der Waals surface area (Å²) in [6.45, 7) is 4.25. The second-order valence-corrected chi connectivity index (χ2v) is 6.82. The first-order valence-electron chi connectivity index (χ1n) is 9.29. The summed E-state index contributed by atoms with van der Waals surface area (Å²) < 4.78 is 4.71. The second kappa shape index (κ2) is 9.01. The van der Waals surface area contributed by atoms with Gasteiger partial charge in [0.05, 0.1) is 12.7 Å². The van der Waals surface area contributed by atoms with E-state index in [2.05, 4.69) is 35.5 Å². The zero-order valence-corrected chi connectivity index (χ0v) is 16.6. The number of nitrogens with zero attached hydrogens (tertiary/aromatic N) is 1. The van der Waals surface area contributed by atoms with Crippen LogP contribution in [0.1, 0.15) is 46.0 Å². The minimum Gasteiger partial charge on any atom is -0.465 e. The molecule has 0 aliphatic carbocycles. The van der Waals surface area contributed by atoms with Crippen LogP contribution in [0, 0.1) is 0 Å². The van der Waals surface area contributed by atoms with Gasteiger partial charge in [-0.25, -0.2) is 9.78 Å². The smallest absolute Gasteiger partial charge is 0.337 e. The van der Waals surface area contributed by atoms with Crippen LogP contribution in [0.25, 0.3) is 0 Å². The second-order valence-electron chi connectivity index (χ2n) is 6.82. The lowest BCUT2D eigenvalue weighted by atomic mass is 10.0. The van der Waals surface area contributed by atoms with Crippen LogP contribution in [0.15, 0.2) is 66.9 Å². The van der Waals surface area contributed by atoms with Crippen LogP contribution in [0.4, 0.5) is 17.2 Å². The summed E-state index contributed by atoms with van der Waals surface area (Å²) in [5.41, 5.74) is 3.46. The number of para-hydroxylation sites is 1. The summed E-state index contributed by atoms with van der Waals surface area (Å²) >= 11 is 0. The number of pyridine rings is 1. The third-order valence-electron chi connectivity index (χ3n) is 4.41. The maximum Gasteiger partial charge on any atom is 0.337 e. The zero-order valence-electron chi connectivity index (χ0n) is 16.6. The third-order valence-corrected chi connectivity index (χ3v) is 4.41. The predicted octanol–water partition coefficient (Wildman–Crippen LogP) is 4.99. The maximum absolute atomic E-state index is 12.7. The molecule has 0 radical (unpaired) electrons. The number of esters is 1. The highest BCUT2D eigenvalue weighted by Gasteiger charge is 2.11. The van der Waals surface area contributed by atoms with Crippen molar-refractivity contribution in [2.75, 3.05) is 17.7 Å². The fourth-order valence-electron chi connectivity index (χ4n) is 2.94. The van der Waals surface area contributed by atoms with Gasteiger partial charge in [-0.2, -0.15) is 0 Å². The van der Waals surface area contributed by atoms with Gasteiger partial charge >= 0.3 is 5.97 Å². The van der Waals surface area contributed by atoms with E-state index in [1.54, 1.807) is 42.6 Å². The van der Waals surface area contributed by atoms with Crippen LogP contribution in [-0.2, 0) is 4.74 Å². The number of methoxy groups -OCH3 is 1. The number of carbonyl (C=O) groups excluding carboxylic acids is 2. The van der Waals surface area contributed by atoms with Crippen molar-refractivity contribution >= 4 is 29.1 Å². The van der Waals surface area contributed by atoms with Crippen molar-refractivity contribution in [1.82, 2.24) is 4.98 Å². The van der Waals surface area contributed by atoms with E-state index in [-0.39, 0.29) is 5.91 Å². The topological polar surface area (TPSA) is 80.3 Å². The van der Waals surface area contributed by atoms with Crippen molar-refractivity contribution in [2.24, 2.45) is 0 Å². The van der Waals surface area contributed by atoms with Crippen LogP contribution < -0.4 is 10.6 Å². The van der Waals surface area contributed by atoms with Crippen LogP contribution in [0.5, 0.6) is 0 Å². The number of hydrogen-bond acceptors (Lipinski definition) is 5. The van der Waals surface area contributed by atoms with Gasteiger partial charge < -0.3 is 15.4 Å². The van der Waals surface area contributed by atoms with E-state index in [1.807, 2.05) is 18.2 Å². The van der Waals surface area contributed by atoms with E-state index < -0.39 is 5.97 Å². The lowest BCUT2D eigenvalue weighted by Gasteiger charge is -2.14. The Hall–Kier alpha value is -3.67. The van der Waals surface area contributed by atoms with Gasteiger partial charge in [0.2, 0.25) is 0 Å². The van der Waals surface area contributed by atoms with Crippen molar-refractivity contribution in [2.45, 2.75) is 19.8 Å². The number of rotatable bonds is 6. The summed E-state index contributed by atoms with van der Waals surface area (Å²) in [7, 11) is 1.32. The molecule has 29 heavy (non-hydrogen) atoms. The molecule has 148 valence electrons. The zero-order chi connectivity index (χ0) is 20.8. The first-order chi connectivity index (χ1) is 14.0. The quantitative estimate of drug-likeness (QED) is 0.581. The first-order valence-corrected chi connectivity index (χ1v) is 9.29. The minimum absolute atomic E-state index is 0.297. The number of nitrogens with one attached hydrogen (secondary N) is 2. The Morgan fingerprint density at radius 3 is 2.52 bits per heavy atom. The Bertz CT molecular complexity index is 1030. The van der Waals surface area contributed by atoms with Crippen molar-refractivity contribution in [1.29, 1.82) is 0 Å². The Kier molecular flexibility index (Phi) is 6.24. The summed E-state index contributed by atoms with van der Waals surface area (Å²) in [5, 5.41) is 6.09. The van der Waals surface area contributed by atoms with E-state index in [9.17, 15) is 9.59 Å². The van der Waals surface area contributed by atoms with Crippen molar-refractivity contribution in [3.8, 4) is 0 Å². The van der Waals surface area contributed by atoms with Gasteiger partial charge in [0, 0.05) is 23.1 Å². The highest BCUT2D eigenvalue weighted by Crippen LogP contribution is 2.26. The van der Waals surface area contributed by atoms with Crippen LogP contribution in [0.2, 0.25) is 0 Å². The number of ether oxygens (including phenoxy) is 1. The molecule has 0 fully saturated rings. The molecule has 3 rings (SSSR count).